The maximum absolute atomic E-state index is 11.2. The molecule has 0 saturated carbocycles. The summed E-state index contributed by atoms with van der Waals surface area (Å²) in [7, 11) is 0. The Morgan fingerprint density at radius 1 is 1.11 bits per heavy atom. The zero-order chi connectivity index (χ0) is 14.2. The fourth-order valence-electron chi connectivity index (χ4n) is 2.09. The van der Waals surface area contributed by atoms with Gasteiger partial charge in [0.05, 0.1) is 11.1 Å². The molecule has 0 spiro atoms. The summed E-state index contributed by atoms with van der Waals surface area (Å²) in [4.78, 5) is 22.4. The lowest BCUT2D eigenvalue weighted by atomic mass is 9.94. The van der Waals surface area contributed by atoms with Gasteiger partial charge in [-0.05, 0) is 17.5 Å². The van der Waals surface area contributed by atoms with E-state index in [1.54, 1.807) is 0 Å². The van der Waals surface area contributed by atoms with E-state index in [0.29, 0.717) is 10.9 Å². The molecular formula is C13H11NO5. The molecule has 6 nitrogen and oxygen atoms in total. The number of aromatic hydroxyl groups is 1. The second-order valence-corrected chi connectivity index (χ2v) is 3.96. The second-order valence-electron chi connectivity index (χ2n) is 3.96. The van der Waals surface area contributed by atoms with Crippen LogP contribution in [-0.2, 0) is 6.54 Å². The molecule has 0 saturated heterocycles. The van der Waals surface area contributed by atoms with E-state index < -0.39 is 11.9 Å². The summed E-state index contributed by atoms with van der Waals surface area (Å²) in [6.45, 7) is -0.0225. The van der Waals surface area contributed by atoms with Crippen molar-refractivity contribution in [3.8, 4) is 5.75 Å². The summed E-state index contributed by atoms with van der Waals surface area (Å²) in [6.07, 6.45) is 0. The third-order valence-electron chi connectivity index (χ3n) is 2.91. The lowest BCUT2D eigenvalue weighted by Gasteiger charge is -2.12. The first-order valence-corrected chi connectivity index (χ1v) is 5.41. The topological polar surface area (TPSA) is 121 Å². The van der Waals surface area contributed by atoms with Gasteiger partial charge >= 0.3 is 11.9 Å². The number of rotatable bonds is 3. The number of hydrogen-bond acceptors (Lipinski definition) is 4. The van der Waals surface area contributed by atoms with E-state index in [9.17, 15) is 14.7 Å². The van der Waals surface area contributed by atoms with Gasteiger partial charge in [0.1, 0.15) is 5.75 Å². The fraction of sp³-hybridized carbons (Fsp3) is 0.0769. The zero-order valence-corrected chi connectivity index (χ0v) is 9.75. The third kappa shape index (κ3) is 1.98. The number of carbonyl (C=O) groups is 2. The number of carboxylic acid groups (broad SMARTS) is 2. The second kappa shape index (κ2) is 4.58. The van der Waals surface area contributed by atoms with Crippen LogP contribution < -0.4 is 5.73 Å². The van der Waals surface area contributed by atoms with Gasteiger partial charge in [0.15, 0.2) is 0 Å². The zero-order valence-electron chi connectivity index (χ0n) is 9.75. The fourth-order valence-corrected chi connectivity index (χ4v) is 2.09. The molecule has 98 valence electrons. The molecule has 0 amide bonds. The molecule has 0 bridgehead atoms. The van der Waals surface area contributed by atoms with Gasteiger partial charge in [-0.15, -0.1) is 0 Å². The van der Waals surface area contributed by atoms with Gasteiger partial charge in [0.25, 0.3) is 0 Å². The summed E-state index contributed by atoms with van der Waals surface area (Å²) >= 11 is 0. The minimum absolute atomic E-state index is 0.0225. The number of phenols is 1. The normalized spacial score (nSPS) is 10.6. The molecule has 2 rings (SSSR count). The maximum Gasteiger partial charge on any atom is 0.336 e. The number of benzene rings is 2. The average Bonchev–Trinajstić information content (AvgIpc) is 2.36. The van der Waals surface area contributed by atoms with E-state index in [1.807, 2.05) is 0 Å². The van der Waals surface area contributed by atoms with Crippen LogP contribution in [0.25, 0.3) is 10.8 Å². The van der Waals surface area contributed by atoms with E-state index >= 15 is 0 Å². The van der Waals surface area contributed by atoms with Crippen LogP contribution in [0.2, 0.25) is 0 Å². The molecule has 0 aliphatic rings. The van der Waals surface area contributed by atoms with Crippen LogP contribution in [0.1, 0.15) is 26.3 Å². The van der Waals surface area contributed by atoms with Crippen LogP contribution in [0.3, 0.4) is 0 Å². The average molecular weight is 261 g/mol. The van der Waals surface area contributed by atoms with Crippen molar-refractivity contribution in [1.29, 1.82) is 0 Å². The number of fused-ring (bicyclic) bond motifs is 1. The van der Waals surface area contributed by atoms with Crippen LogP contribution in [0.4, 0.5) is 0 Å². The Hall–Kier alpha value is -2.60. The Kier molecular flexibility index (Phi) is 3.10. The summed E-state index contributed by atoms with van der Waals surface area (Å²) in [5.41, 5.74) is 5.44. The van der Waals surface area contributed by atoms with Gasteiger partial charge in [-0.2, -0.15) is 0 Å². The maximum atomic E-state index is 11.2. The number of hydrogen-bond donors (Lipinski definition) is 4. The number of nitrogens with two attached hydrogens (primary N) is 1. The van der Waals surface area contributed by atoms with Crippen molar-refractivity contribution < 1.29 is 24.9 Å². The molecule has 0 aliphatic carbocycles. The molecule has 0 aliphatic heterocycles. The van der Waals surface area contributed by atoms with Crippen molar-refractivity contribution in [3.05, 3.63) is 41.0 Å². The summed E-state index contributed by atoms with van der Waals surface area (Å²) in [5, 5.41) is 28.5. The number of carboxylic acids is 2. The number of phenolic OH excluding ortho intramolecular Hbond substituents is 1. The Labute approximate surface area is 107 Å². The lowest BCUT2D eigenvalue weighted by molar-refractivity contribution is 0.0695. The monoisotopic (exact) mass is 261 g/mol. The highest BCUT2D eigenvalue weighted by molar-refractivity contribution is 6.14. The van der Waals surface area contributed by atoms with Gasteiger partial charge in [-0.3, -0.25) is 0 Å². The quantitative estimate of drug-likeness (QED) is 0.662. The molecule has 0 radical (unpaired) electrons. The van der Waals surface area contributed by atoms with E-state index in [2.05, 4.69) is 0 Å². The molecule has 2 aromatic carbocycles. The molecule has 0 heterocycles. The highest BCUT2D eigenvalue weighted by Crippen LogP contribution is 2.32. The van der Waals surface area contributed by atoms with Gasteiger partial charge < -0.3 is 21.1 Å². The van der Waals surface area contributed by atoms with Crippen LogP contribution >= 0.6 is 0 Å². The van der Waals surface area contributed by atoms with Crippen molar-refractivity contribution in [2.45, 2.75) is 6.54 Å². The van der Waals surface area contributed by atoms with Crippen molar-refractivity contribution in [3.63, 3.8) is 0 Å². The van der Waals surface area contributed by atoms with Gasteiger partial charge in [0, 0.05) is 17.5 Å². The van der Waals surface area contributed by atoms with E-state index in [-0.39, 0.29) is 28.8 Å². The van der Waals surface area contributed by atoms with Crippen LogP contribution in [0.5, 0.6) is 5.75 Å². The van der Waals surface area contributed by atoms with Gasteiger partial charge in [-0.25, -0.2) is 9.59 Å². The SMILES string of the molecule is NCc1c(O)cc(C(=O)O)c2c(C(=O)O)cccc12. The molecule has 6 heteroatoms. The first-order valence-electron chi connectivity index (χ1n) is 5.41. The predicted octanol–water partition coefficient (Wildman–Crippen LogP) is 1.40. The Balaban J connectivity index is 3.03. The summed E-state index contributed by atoms with van der Waals surface area (Å²) in [5.74, 6) is -2.80. The molecule has 19 heavy (non-hydrogen) atoms. The van der Waals surface area contributed by atoms with Crippen LogP contribution in [-0.4, -0.2) is 27.3 Å². The van der Waals surface area contributed by atoms with Crippen LogP contribution in [0.15, 0.2) is 24.3 Å². The molecule has 0 aromatic heterocycles. The third-order valence-corrected chi connectivity index (χ3v) is 2.91. The predicted molar refractivity (Wildman–Crippen MR) is 67.4 cm³/mol. The van der Waals surface area contributed by atoms with Crippen molar-refractivity contribution in [2.24, 2.45) is 5.73 Å². The highest BCUT2D eigenvalue weighted by Gasteiger charge is 2.20. The lowest BCUT2D eigenvalue weighted by Crippen LogP contribution is -2.07. The molecule has 0 fully saturated rings. The minimum atomic E-state index is -1.31. The highest BCUT2D eigenvalue weighted by atomic mass is 16.4. The minimum Gasteiger partial charge on any atom is -0.508 e. The molecule has 5 N–H and O–H groups in total. The van der Waals surface area contributed by atoms with Crippen molar-refractivity contribution >= 4 is 22.7 Å². The van der Waals surface area contributed by atoms with Crippen LogP contribution in [0, 0.1) is 0 Å². The van der Waals surface area contributed by atoms with Gasteiger partial charge in [0.2, 0.25) is 0 Å². The Bertz CT molecular complexity index is 693. The standard InChI is InChI=1S/C13H11NO5/c14-5-9-6-2-1-3-7(12(16)17)11(6)8(13(18)19)4-10(9)15/h1-4,15H,5,14H2,(H,16,17)(H,18,19). The summed E-state index contributed by atoms with van der Waals surface area (Å²) in [6, 6.07) is 5.36. The van der Waals surface area contributed by atoms with Crippen molar-refractivity contribution in [1.82, 2.24) is 0 Å². The van der Waals surface area contributed by atoms with E-state index in [4.69, 9.17) is 15.9 Å². The Morgan fingerprint density at radius 3 is 2.26 bits per heavy atom. The van der Waals surface area contributed by atoms with Crippen molar-refractivity contribution in [2.75, 3.05) is 0 Å². The molecule has 0 atom stereocenters. The van der Waals surface area contributed by atoms with E-state index in [0.717, 1.165) is 6.07 Å². The first kappa shape index (κ1) is 12.8. The molecular weight excluding hydrogens is 250 g/mol. The Morgan fingerprint density at radius 2 is 1.74 bits per heavy atom. The molecule has 0 unspecified atom stereocenters. The summed E-state index contributed by atoms with van der Waals surface area (Å²) < 4.78 is 0. The first-order chi connectivity index (χ1) is 8.97. The van der Waals surface area contributed by atoms with Gasteiger partial charge in [-0.1, -0.05) is 12.1 Å². The largest absolute Gasteiger partial charge is 0.508 e. The van der Waals surface area contributed by atoms with E-state index in [1.165, 1.54) is 18.2 Å². The molecule has 2 aromatic rings. The smallest absolute Gasteiger partial charge is 0.336 e. The number of aromatic carboxylic acids is 2.